The molecule has 1 aliphatic carbocycles. The number of halogens is 1. The van der Waals surface area contributed by atoms with E-state index in [0.29, 0.717) is 17.2 Å². The van der Waals surface area contributed by atoms with Crippen LogP contribution in [-0.4, -0.2) is 29.2 Å². The molecule has 2 nitrogen and oxygen atoms in total. The van der Waals surface area contributed by atoms with Gasteiger partial charge in [0, 0.05) is 24.8 Å². The van der Waals surface area contributed by atoms with E-state index in [1.807, 2.05) is 0 Å². The Kier molecular flexibility index (Phi) is 5.73. The van der Waals surface area contributed by atoms with Crippen molar-refractivity contribution in [3.8, 4) is 0 Å². The number of carbonyl (C=O) groups is 1. The molecule has 110 valence electrons. The topological polar surface area (TPSA) is 20.3 Å². The number of hydrogen-bond acceptors (Lipinski definition) is 1. The van der Waals surface area contributed by atoms with E-state index in [4.69, 9.17) is 0 Å². The zero-order valence-corrected chi connectivity index (χ0v) is 13.9. The van der Waals surface area contributed by atoms with Crippen LogP contribution < -0.4 is 0 Å². The van der Waals surface area contributed by atoms with Crippen molar-refractivity contribution in [1.82, 2.24) is 4.90 Å². The SMILES string of the molecule is CCCC1CC(=O)N(CC2(CBr)CCCCCC2)C1. The van der Waals surface area contributed by atoms with Crippen molar-refractivity contribution in [2.75, 3.05) is 18.4 Å². The van der Waals surface area contributed by atoms with Crippen LogP contribution in [-0.2, 0) is 4.79 Å². The highest BCUT2D eigenvalue weighted by Gasteiger charge is 2.37. The zero-order valence-electron chi connectivity index (χ0n) is 12.3. The molecule has 19 heavy (non-hydrogen) atoms. The second kappa shape index (κ2) is 7.10. The molecule has 0 radical (unpaired) electrons. The van der Waals surface area contributed by atoms with Gasteiger partial charge in [0.2, 0.25) is 5.91 Å². The fourth-order valence-corrected chi connectivity index (χ4v) is 4.56. The van der Waals surface area contributed by atoms with Gasteiger partial charge in [0.25, 0.3) is 0 Å². The molecular weight excluding hydrogens is 302 g/mol. The van der Waals surface area contributed by atoms with E-state index < -0.39 is 0 Å². The van der Waals surface area contributed by atoms with Crippen LogP contribution in [0.1, 0.15) is 64.7 Å². The summed E-state index contributed by atoms with van der Waals surface area (Å²) < 4.78 is 0. The van der Waals surface area contributed by atoms with Crippen LogP contribution in [0.25, 0.3) is 0 Å². The number of likely N-dealkylation sites (tertiary alicyclic amines) is 1. The summed E-state index contributed by atoms with van der Waals surface area (Å²) in [5, 5.41) is 1.06. The Morgan fingerprint density at radius 3 is 2.53 bits per heavy atom. The summed E-state index contributed by atoms with van der Waals surface area (Å²) in [5.41, 5.74) is 0.354. The van der Waals surface area contributed by atoms with Gasteiger partial charge >= 0.3 is 0 Å². The highest BCUT2D eigenvalue weighted by molar-refractivity contribution is 9.09. The molecule has 1 aliphatic heterocycles. The van der Waals surface area contributed by atoms with Crippen LogP contribution in [0.15, 0.2) is 0 Å². The lowest BCUT2D eigenvalue weighted by molar-refractivity contribution is -0.129. The summed E-state index contributed by atoms with van der Waals surface area (Å²) >= 11 is 3.74. The van der Waals surface area contributed by atoms with Crippen LogP contribution in [0.4, 0.5) is 0 Å². The molecule has 0 N–H and O–H groups in total. The largest absolute Gasteiger partial charge is 0.342 e. The van der Waals surface area contributed by atoms with E-state index in [-0.39, 0.29) is 0 Å². The third kappa shape index (κ3) is 3.96. The van der Waals surface area contributed by atoms with Gasteiger partial charge in [-0.25, -0.2) is 0 Å². The van der Waals surface area contributed by atoms with Crippen LogP contribution in [0.3, 0.4) is 0 Å². The summed E-state index contributed by atoms with van der Waals surface area (Å²) in [6, 6.07) is 0. The fourth-order valence-electron chi connectivity index (χ4n) is 3.83. The van der Waals surface area contributed by atoms with Crippen LogP contribution in [0, 0.1) is 11.3 Å². The minimum atomic E-state index is 0.354. The van der Waals surface area contributed by atoms with E-state index >= 15 is 0 Å². The van der Waals surface area contributed by atoms with E-state index in [0.717, 1.165) is 24.8 Å². The predicted octanol–water partition coefficient (Wildman–Crippen LogP) is 4.37. The minimum absolute atomic E-state index is 0.354. The molecule has 0 aromatic rings. The first kappa shape index (κ1) is 15.3. The van der Waals surface area contributed by atoms with Gasteiger partial charge in [-0.3, -0.25) is 4.79 Å². The van der Waals surface area contributed by atoms with Gasteiger partial charge in [-0.05, 0) is 30.6 Å². The lowest BCUT2D eigenvalue weighted by Crippen LogP contribution is -2.39. The normalized spacial score (nSPS) is 27.6. The number of nitrogens with zero attached hydrogens (tertiary/aromatic N) is 1. The van der Waals surface area contributed by atoms with Crippen LogP contribution >= 0.6 is 15.9 Å². The Balaban J connectivity index is 1.95. The van der Waals surface area contributed by atoms with E-state index in [1.165, 1.54) is 51.4 Å². The molecule has 1 heterocycles. The third-order valence-electron chi connectivity index (χ3n) is 4.97. The van der Waals surface area contributed by atoms with Gasteiger partial charge in [-0.15, -0.1) is 0 Å². The number of rotatable bonds is 5. The number of carbonyl (C=O) groups excluding carboxylic acids is 1. The Hall–Kier alpha value is -0.0500. The average molecular weight is 330 g/mol. The molecule has 3 heteroatoms. The first-order valence-corrected chi connectivity index (χ1v) is 9.15. The highest BCUT2D eigenvalue weighted by atomic mass is 79.9. The van der Waals surface area contributed by atoms with Gasteiger partial charge in [0.05, 0.1) is 0 Å². The van der Waals surface area contributed by atoms with Crippen LogP contribution in [0.2, 0.25) is 0 Å². The Bertz CT molecular complexity index is 297. The molecule has 1 atom stereocenters. The van der Waals surface area contributed by atoms with E-state index in [1.54, 1.807) is 0 Å². The average Bonchev–Trinajstić information content (AvgIpc) is 2.63. The molecule has 1 unspecified atom stereocenters. The lowest BCUT2D eigenvalue weighted by Gasteiger charge is -2.35. The van der Waals surface area contributed by atoms with Crippen molar-refractivity contribution >= 4 is 21.8 Å². The summed E-state index contributed by atoms with van der Waals surface area (Å²) in [5.74, 6) is 1.03. The second-order valence-corrected chi connectivity index (χ2v) is 7.24. The van der Waals surface area contributed by atoms with Crippen molar-refractivity contribution in [1.29, 1.82) is 0 Å². The number of alkyl halides is 1. The zero-order chi connectivity index (χ0) is 13.7. The van der Waals surface area contributed by atoms with Gasteiger partial charge in [-0.1, -0.05) is 55.0 Å². The van der Waals surface area contributed by atoms with Crippen LogP contribution in [0.5, 0.6) is 0 Å². The number of amides is 1. The van der Waals surface area contributed by atoms with Crippen molar-refractivity contribution in [3.63, 3.8) is 0 Å². The van der Waals surface area contributed by atoms with E-state index in [2.05, 4.69) is 27.8 Å². The molecule has 0 bridgehead atoms. The fraction of sp³-hybridized carbons (Fsp3) is 0.938. The van der Waals surface area contributed by atoms with Gasteiger partial charge in [0.15, 0.2) is 0 Å². The summed E-state index contributed by atoms with van der Waals surface area (Å²) in [6.45, 7) is 4.23. The molecule has 0 aromatic carbocycles. The second-order valence-electron chi connectivity index (χ2n) is 6.68. The summed E-state index contributed by atoms with van der Waals surface area (Å²) in [4.78, 5) is 14.4. The van der Waals surface area contributed by atoms with Gasteiger partial charge < -0.3 is 4.90 Å². The predicted molar refractivity (Wildman–Crippen MR) is 83.5 cm³/mol. The Labute approximate surface area is 126 Å². The summed E-state index contributed by atoms with van der Waals surface area (Å²) in [7, 11) is 0. The smallest absolute Gasteiger partial charge is 0.222 e. The number of hydrogen-bond donors (Lipinski definition) is 0. The Morgan fingerprint density at radius 1 is 1.26 bits per heavy atom. The molecule has 2 rings (SSSR count). The first-order valence-electron chi connectivity index (χ1n) is 8.03. The van der Waals surface area contributed by atoms with Crippen molar-refractivity contribution in [2.24, 2.45) is 11.3 Å². The Morgan fingerprint density at radius 2 is 1.95 bits per heavy atom. The maximum Gasteiger partial charge on any atom is 0.222 e. The van der Waals surface area contributed by atoms with Crippen molar-refractivity contribution in [3.05, 3.63) is 0 Å². The standard InChI is InChI=1S/C16H28BrNO/c1-2-7-14-10-15(19)18(11-14)13-16(12-17)8-5-3-4-6-9-16/h14H,2-13H2,1H3. The van der Waals surface area contributed by atoms with Crippen molar-refractivity contribution in [2.45, 2.75) is 64.7 Å². The van der Waals surface area contributed by atoms with Crippen molar-refractivity contribution < 1.29 is 4.79 Å². The molecule has 0 spiro atoms. The lowest BCUT2D eigenvalue weighted by atomic mass is 9.82. The maximum absolute atomic E-state index is 12.2. The molecule has 1 saturated heterocycles. The molecule has 2 fully saturated rings. The van der Waals surface area contributed by atoms with Gasteiger partial charge in [0.1, 0.15) is 0 Å². The first-order chi connectivity index (χ1) is 9.19. The highest BCUT2D eigenvalue weighted by Crippen LogP contribution is 2.39. The quantitative estimate of drug-likeness (QED) is 0.541. The van der Waals surface area contributed by atoms with Gasteiger partial charge in [-0.2, -0.15) is 0 Å². The third-order valence-corrected chi connectivity index (χ3v) is 6.15. The maximum atomic E-state index is 12.2. The molecular formula is C16H28BrNO. The summed E-state index contributed by atoms with van der Waals surface area (Å²) in [6.07, 6.45) is 11.2. The van der Waals surface area contributed by atoms with E-state index in [9.17, 15) is 4.79 Å². The molecule has 1 saturated carbocycles. The molecule has 1 amide bonds. The molecule has 2 aliphatic rings. The minimum Gasteiger partial charge on any atom is -0.342 e. The monoisotopic (exact) mass is 329 g/mol. The molecule has 0 aromatic heterocycles.